The summed E-state index contributed by atoms with van der Waals surface area (Å²) in [5.41, 5.74) is 1.96. The molecule has 1 aromatic carbocycles. The van der Waals surface area contributed by atoms with E-state index in [0.717, 1.165) is 48.6 Å². The third-order valence-corrected chi connectivity index (χ3v) is 5.74. The number of fused-ring (bicyclic) bond motifs is 1. The van der Waals surface area contributed by atoms with Crippen LogP contribution in [0.3, 0.4) is 0 Å². The Balaban J connectivity index is 1.57. The molecular formula is C18H17FN2O2. The zero-order chi connectivity index (χ0) is 16.0. The van der Waals surface area contributed by atoms with Crippen LogP contribution in [0, 0.1) is 22.1 Å². The summed E-state index contributed by atoms with van der Waals surface area (Å²) in [7, 11) is 0. The first-order valence-corrected chi connectivity index (χ1v) is 8.04. The van der Waals surface area contributed by atoms with Gasteiger partial charge >= 0.3 is 0 Å². The van der Waals surface area contributed by atoms with E-state index in [4.69, 9.17) is 0 Å². The molecular weight excluding hydrogens is 295 g/mol. The van der Waals surface area contributed by atoms with Gasteiger partial charge in [-0.05, 0) is 73.3 Å². The normalized spacial score (nSPS) is 29.6. The van der Waals surface area contributed by atoms with E-state index in [-0.39, 0.29) is 17.2 Å². The highest BCUT2D eigenvalue weighted by Crippen LogP contribution is 2.63. The van der Waals surface area contributed by atoms with Gasteiger partial charge in [-0.25, -0.2) is 4.39 Å². The Labute approximate surface area is 133 Å². The first-order valence-electron chi connectivity index (χ1n) is 8.04. The van der Waals surface area contributed by atoms with Crippen molar-refractivity contribution in [3.8, 4) is 0 Å². The minimum Gasteiger partial charge on any atom is -0.269 e. The van der Waals surface area contributed by atoms with Gasteiger partial charge in [-0.15, -0.1) is 4.91 Å². The third-order valence-electron chi connectivity index (χ3n) is 5.74. The molecule has 2 aromatic rings. The predicted octanol–water partition coefficient (Wildman–Crippen LogP) is 4.33. The quantitative estimate of drug-likeness (QED) is 0.775. The highest BCUT2D eigenvalue weighted by molar-refractivity contribution is 5.84. The number of hydrogen-bond acceptors (Lipinski definition) is 3. The largest absolute Gasteiger partial charge is 0.289 e. The van der Waals surface area contributed by atoms with E-state index in [0.29, 0.717) is 5.92 Å². The Morgan fingerprint density at radius 2 is 2.04 bits per heavy atom. The average molecular weight is 312 g/mol. The summed E-state index contributed by atoms with van der Waals surface area (Å²) >= 11 is 0. The molecule has 2 aliphatic carbocycles. The molecule has 0 bridgehead atoms. The predicted molar refractivity (Wildman–Crippen MR) is 84.3 cm³/mol. The average Bonchev–Trinajstić information content (AvgIpc) is 3.28. The molecule has 1 aromatic heterocycles. The second kappa shape index (κ2) is 5.18. The van der Waals surface area contributed by atoms with E-state index in [9.17, 15) is 14.1 Å². The van der Waals surface area contributed by atoms with Crippen LogP contribution in [0.5, 0.6) is 0 Å². The minimum atomic E-state index is -0.486. The van der Waals surface area contributed by atoms with Crippen LogP contribution in [-0.2, 0) is 4.79 Å². The lowest BCUT2D eigenvalue weighted by Gasteiger charge is -2.30. The lowest BCUT2D eigenvalue weighted by atomic mass is 9.75. The van der Waals surface area contributed by atoms with E-state index in [1.54, 1.807) is 18.3 Å². The maximum Gasteiger partial charge on any atom is 0.289 e. The van der Waals surface area contributed by atoms with Gasteiger partial charge in [0, 0.05) is 22.7 Å². The number of pyridine rings is 1. The fourth-order valence-corrected chi connectivity index (χ4v) is 4.31. The first kappa shape index (κ1) is 14.4. The van der Waals surface area contributed by atoms with Crippen LogP contribution in [0.4, 0.5) is 4.39 Å². The van der Waals surface area contributed by atoms with Crippen molar-refractivity contribution in [3.05, 3.63) is 46.8 Å². The Hall–Kier alpha value is -2.17. The molecule has 0 N–H and O–H groups in total. The summed E-state index contributed by atoms with van der Waals surface area (Å²) in [5.74, 6) is -0.537. The number of halogens is 1. The molecule has 2 aliphatic rings. The van der Waals surface area contributed by atoms with E-state index in [1.165, 1.54) is 6.07 Å². The Bertz CT molecular complexity index is 797. The molecule has 1 amide bonds. The second-order valence-corrected chi connectivity index (χ2v) is 6.88. The molecule has 1 spiro atoms. The Morgan fingerprint density at radius 3 is 2.78 bits per heavy atom. The van der Waals surface area contributed by atoms with Gasteiger partial charge in [0.25, 0.3) is 5.91 Å². The molecule has 1 atom stereocenters. The van der Waals surface area contributed by atoms with Gasteiger partial charge in [0.1, 0.15) is 5.82 Å². The summed E-state index contributed by atoms with van der Waals surface area (Å²) in [5, 5.41) is 3.47. The van der Waals surface area contributed by atoms with Crippen molar-refractivity contribution in [1.29, 1.82) is 0 Å². The van der Waals surface area contributed by atoms with Gasteiger partial charge in [0.05, 0.1) is 5.52 Å². The Kier molecular flexibility index (Phi) is 3.25. The van der Waals surface area contributed by atoms with Crippen molar-refractivity contribution < 1.29 is 9.18 Å². The number of hydrogen-bond donors (Lipinski definition) is 0. The van der Waals surface area contributed by atoms with Crippen molar-refractivity contribution >= 4 is 16.8 Å². The summed E-state index contributed by atoms with van der Waals surface area (Å²) in [6.45, 7) is 0. The van der Waals surface area contributed by atoms with Crippen LogP contribution < -0.4 is 0 Å². The maximum absolute atomic E-state index is 13.6. The van der Waals surface area contributed by atoms with Gasteiger partial charge < -0.3 is 0 Å². The van der Waals surface area contributed by atoms with Crippen LogP contribution in [-0.4, -0.2) is 10.9 Å². The molecule has 4 nitrogen and oxygen atoms in total. The smallest absolute Gasteiger partial charge is 0.269 e. The van der Waals surface area contributed by atoms with Crippen molar-refractivity contribution in [2.75, 3.05) is 0 Å². The minimum absolute atomic E-state index is 0.00950. The summed E-state index contributed by atoms with van der Waals surface area (Å²) in [6, 6.07) is 6.68. The summed E-state index contributed by atoms with van der Waals surface area (Å²) < 4.78 is 13.6. The van der Waals surface area contributed by atoms with Crippen LogP contribution in [0.2, 0.25) is 0 Å². The van der Waals surface area contributed by atoms with E-state index >= 15 is 0 Å². The molecule has 5 heteroatoms. The number of aromatic nitrogens is 1. The van der Waals surface area contributed by atoms with E-state index in [1.807, 2.05) is 6.07 Å². The molecule has 1 unspecified atom stereocenters. The van der Waals surface area contributed by atoms with Crippen LogP contribution >= 0.6 is 0 Å². The fourth-order valence-electron chi connectivity index (χ4n) is 4.31. The number of rotatable bonds is 2. The number of amides is 1. The van der Waals surface area contributed by atoms with Crippen molar-refractivity contribution in [1.82, 2.24) is 4.98 Å². The highest BCUT2D eigenvalue weighted by atomic mass is 19.1. The first-order chi connectivity index (χ1) is 11.1. The summed E-state index contributed by atoms with van der Waals surface area (Å²) in [6.07, 6.45) is 6.36. The highest BCUT2D eigenvalue weighted by Gasteiger charge is 2.59. The molecule has 2 fully saturated rings. The topological polar surface area (TPSA) is 59.4 Å². The monoisotopic (exact) mass is 312 g/mol. The van der Waals surface area contributed by atoms with Crippen LogP contribution in [0.1, 0.15) is 43.6 Å². The number of benzene rings is 1. The van der Waals surface area contributed by atoms with Crippen molar-refractivity contribution in [3.63, 3.8) is 0 Å². The summed E-state index contributed by atoms with van der Waals surface area (Å²) in [4.78, 5) is 26.2. The Morgan fingerprint density at radius 1 is 1.26 bits per heavy atom. The third kappa shape index (κ3) is 2.35. The standard InChI is InChI=1S/C18H17FN2O2/c19-12-1-2-16-14(9-12)13(5-8-20-16)11-3-6-18(7-4-11)10-15(18)17(22)21-23/h1-2,5,8-9,11,15H,3-4,6-7,10H2. The number of carbonyl (C=O) groups excluding carboxylic acids is 1. The van der Waals surface area contributed by atoms with Crippen LogP contribution in [0.15, 0.2) is 35.6 Å². The molecule has 0 saturated heterocycles. The number of nitrogens with zero attached hydrogens (tertiary/aromatic N) is 2. The molecule has 0 aliphatic heterocycles. The van der Waals surface area contributed by atoms with Gasteiger partial charge in [0.15, 0.2) is 0 Å². The number of nitroso groups, excluding NO2 is 1. The van der Waals surface area contributed by atoms with Gasteiger partial charge in [-0.1, -0.05) is 0 Å². The molecule has 0 radical (unpaired) electrons. The maximum atomic E-state index is 13.6. The van der Waals surface area contributed by atoms with Gasteiger partial charge in [-0.2, -0.15) is 0 Å². The van der Waals surface area contributed by atoms with Crippen LogP contribution in [0.25, 0.3) is 10.9 Å². The second-order valence-electron chi connectivity index (χ2n) is 6.88. The lowest BCUT2D eigenvalue weighted by Crippen LogP contribution is -2.18. The van der Waals surface area contributed by atoms with Gasteiger partial charge in [-0.3, -0.25) is 9.78 Å². The van der Waals surface area contributed by atoms with Crippen molar-refractivity contribution in [2.45, 2.75) is 38.0 Å². The molecule has 4 rings (SSSR count). The van der Waals surface area contributed by atoms with Gasteiger partial charge in [0.2, 0.25) is 0 Å². The number of carbonyl (C=O) groups is 1. The van der Waals surface area contributed by atoms with Crippen molar-refractivity contribution in [2.24, 2.45) is 16.5 Å². The SMILES string of the molecule is O=NC(=O)C1CC12CCC(c1ccnc3ccc(F)cc13)CC2. The molecule has 2 saturated carbocycles. The zero-order valence-corrected chi connectivity index (χ0v) is 12.7. The zero-order valence-electron chi connectivity index (χ0n) is 12.7. The molecule has 23 heavy (non-hydrogen) atoms. The lowest BCUT2D eigenvalue weighted by molar-refractivity contribution is -0.120. The van der Waals surface area contributed by atoms with E-state index < -0.39 is 5.91 Å². The molecule has 118 valence electrons. The van der Waals surface area contributed by atoms with E-state index in [2.05, 4.69) is 10.2 Å². The molecule has 1 heterocycles. The fraction of sp³-hybridized carbons (Fsp3) is 0.444.